The maximum Gasteiger partial charge on any atom is 0.253 e. The first kappa shape index (κ1) is 25.3. The van der Waals surface area contributed by atoms with Crippen LogP contribution < -0.4 is 10.7 Å². The third-order valence-corrected chi connectivity index (χ3v) is 6.55. The zero-order valence-electron chi connectivity index (χ0n) is 19.7. The number of aryl methyl sites for hydroxylation is 1. The van der Waals surface area contributed by atoms with Crippen molar-refractivity contribution in [2.75, 3.05) is 5.32 Å². The summed E-state index contributed by atoms with van der Waals surface area (Å²) in [4.78, 5) is 12.7. The predicted octanol–water partition coefficient (Wildman–Crippen LogP) is 5.18. The second kappa shape index (κ2) is 11.7. The fourth-order valence-electron chi connectivity index (χ4n) is 3.36. The van der Waals surface area contributed by atoms with Gasteiger partial charge in [0.25, 0.3) is 5.91 Å². The molecule has 4 aromatic rings. The van der Waals surface area contributed by atoms with Gasteiger partial charge in [0.1, 0.15) is 5.75 Å². The summed E-state index contributed by atoms with van der Waals surface area (Å²) in [6.07, 6.45) is 1.52. The number of carbonyl (C=O) groups is 1. The number of phenolic OH excluding ortho intramolecular Hbond substituents is 1. The summed E-state index contributed by atoms with van der Waals surface area (Å²) in [5.74, 6) is 0.603. The Balaban J connectivity index is 1.48. The molecule has 1 aromatic heterocycles. The van der Waals surface area contributed by atoms with Gasteiger partial charge in [-0.1, -0.05) is 41.6 Å². The van der Waals surface area contributed by atoms with E-state index in [1.807, 2.05) is 60.0 Å². The van der Waals surface area contributed by atoms with Gasteiger partial charge in [0, 0.05) is 16.4 Å². The third-order valence-electron chi connectivity index (χ3n) is 5.27. The minimum Gasteiger partial charge on any atom is -0.508 e. The topological polar surface area (TPSA) is 104 Å². The number of aromatic nitrogens is 3. The maximum absolute atomic E-state index is 12.7. The molecular weight excluding hydrogens is 496 g/mol. The summed E-state index contributed by atoms with van der Waals surface area (Å²) in [6.45, 7) is 4.21. The number of nitrogens with one attached hydrogen (secondary N) is 2. The van der Waals surface area contributed by atoms with Crippen LogP contribution in [0.25, 0.3) is 5.69 Å². The van der Waals surface area contributed by atoms with Crippen LogP contribution in [0.5, 0.6) is 5.75 Å². The highest BCUT2D eigenvalue weighted by Gasteiger charge is 2.21. The number of hydrogen-bond acceptors (Lipinski definition) is 7. The lowest BCUT2D eigenvalue weighted by Gasteiger charge is -2.14. The highest BCUT2D eigenvalue weighted by atomic mass is 35.5. The number of thioether (sulfide) groups is 1. The molecule has 0 unspecified atom stereocenters. The fourth-order valence-corrected chi connectivity index (χ4v) is 4.47. The van der Waals surface area contributed by atoms with Crippen molar-refractivity contribution >= 4 is 41.2 Å². The number of hydrazone groups is 1. The number of carbonyl (C=O) groups excluding carboxylic acids is 1. The minimum absolute atomic E-state index is 0.168. The largest absolute Gasteiger partial charge is 0.508 e. The molecule has 0 fully saturated rings. The van der Waals surface area contributed by atoms with Crippen LogP contribution in [-0.2, 0) is 11.3 Å². The summed E-state index contributed by atoms with van der Waals surface area (Å²) in [5, 5.41) is 26.3. The molecule has 0 aliphatic carbocycles. The van der Waals surface area contributed by atoms with Crippen LogP contribution in [0.2, 0.25) is 5.02 Å². The Morgan fingerprint density at radius 2 is 1.89 bits per heavy atom. The highest BCUT2D eigenvalue weighted by molar-refractivity contribution is 8.00. The van der Waals surface area contributed by atoms with Crippen LogP contribution in [0, 0.1) is 6.92 Å². The first-order valence-electron chi connectivity index (χ1n) is 11.2. The Morgan fingerprint density at radius 3 is 2.61 bits per heavy atom. The Bertz CT molecular complexity index is 1360. The van der Waals surface area contributed by atoms with Gasteiger partial charge in [-0.2, -0.15) is 5.10 Å². The highest BCUT2D eigenvalue weighted by Crippen LogP contribution is 2.27. The van der Waals surface area contributed by atoms with E-state index < -0.39 is 5.25 Å². The van der Waals surface area contributed by atoms with E-state index in [4.69, 9.17) is 11.6 Å². The molecule has 3 N–H and O–H groups in total. The van der Waals surface area contributed by atoms with Crippen molar-refractivity contribution in [3.63, 3.8) is 0 Å². The van der Waals surface area contributed by atoms with Crippen LogP contribution in [0.1, 0.15) is 23.9 Å². The smallest absolute Gasteiger partial charge is 0.253 e. The van der Waals surface area contributed by atoms with Gasteiger partial charge in [0.15, 0.2) is 11.0 Å². The number of hydrogen-bond donors (Lipinski definition) is 3. The van der Waals surface area contributed by atoms with Crippen molar-refractivity contribution in [2.24, 2.45) is 5.10 Å². The van der Waals surface area contributed by atoms with Gasteiger partial charge in [-0.05, 0) is 79.6 Å². The fraction of sp³-hybridized carbons (Fsp3) is 0.154. The lowest BCUT2D eigenvalue weighted by molar-refractivity contribution is -0.120. The molecule has 0 saturated carbocycles. The van der Waals surface area contributed by atoms with E-state index in [1.165, 1.54) is 18.0 Å². The quantitative estimate of drug-likeness (QED) is 0.160. The third kappa shape index (κ3) is 6.44. The van der Waals surface area contributed by atoms with E-state index in [0.717, 1.165) is 22.5 Å². The molecule has 1 heterocycles. The van der Waals surface area contributed by atoms with Crippen molar-refractivity contribution in [3.05, 3.63) is 94.8 Å². The van der Waals surface area contributed by atoms with Crippen LogP contribution in [0.4, 0.5) is 5.69 Å². The van der Waals surface area contributed by atoms with Crippen LogP contribution in [0.3, 0.4) is 0 Å². The maximum atomic E-state index is 12.7. The SMILES string of the molecule is Cc1cc(Cl)ccc1NCc1nnc(S[C@@H](C)C(=O)NN=Cc2ccc(O)cc2)n1-c1ccccc1. The van der Waals surface area contributed by atoms with Gasteiger partial charge in [0.2, 0.25) is 0 Å². The van der Waals surface area contributed by atoms with Crippen molar-refractivity contribution in [1.82, 2.24) is 20.2 Å². The van der Waals surface area contributed by atoms with Crippen LogP contribution in [0.15, 0.2) is 83.1 Å². The summed E-state index contributed by atoms with van der Waals surface area (Å²) < 4.78 is 1.94. The summed E-state index contributed by atoms with van der Waals surface area (Å²) in [5.41, 5.74) is 6.19. The number of benzene rings is 3. The van der Waals surface area contributed by atoms with E-state index in [9.17, 15) is 9.90 Å². The molecule has 3 aromatic carbocycles. The summed E-state index contributed by atoms with van der Waals surface area (Å²) in [7, 11) is 0. The van der Waals surface area contributed by atoms with E-state index in [-0.39, 0.29) is 11.7 Å². The lowest BCUT2D eigenvalue weighted by Crippen LogP contribution is -2.27. The average Bonchev–Trinajstić information content (AvgIpc) is 3.27. The zero-order valence-corrected chi connectivity index (χ0v) is 21.3. The number of aromatic hydroxyl groups is 1. The number of rotatable bonds is 9. The molecule has 0 spiro atoms. The molecule has 1 atom stereocenters. The number of anilines is 1. The van der Waals surface area contributed by atoms with Gasteiger partial charge in [-0.3, -0.25) is 9.36 Å². The molecule has 36 heavy (non-hydrogen) atoms. The van der Waals surface area contributed by atoms with Gasteiger partial charge >= 0.3 is 0 Å². The molecule has 0 aliphatic heterocycles. The molecule has 10 heteroatoms. The van der Waals surface area contributed by atoms with Crippen molar-refractivity contribution in [2.45, 2.75) is 30.8 Å². The van der Waals surface area contributed by atoms with Crippen molar-refractivity contribution in [1.29, 1.82) is 0 Å². The summed E-state index contributed by atoms with van der Waals surface area (Å²) in [6, 6.07) is 21.9. The first-order valence-corrected chi connectivity index (χ1v) is 12.4. The second-order valence-electron chi connectivity index (χ2n) is 7.97. The molecule has 0 radical (unpaired) electrons. The molecule has 0 saturated heterocycles. The van der Waals surface area contributed by atoms with Crippen LogP contribution >= 0.6 is 23.4 Å². The van der Waals surface area contributed by atoms with Crippen molar-refractivity contribution in [3.8, 4) is 11.4 Å². The van der Waals surface area contributed by atoms with Gasteiger partial charge < -0.3 is 10.4 Å². The standard InChI is InChI=1S/C26H25ClN6O2S/c1-17-14-20(27)10-13-23(17)28-16-24-30-32-26(33(24)21-6-4-3-5-7-21)36-18(2)25(35)31-29-15-19-8-11-22(34)12-9-19/h3-15,18,28,34H,16H2,1-2H3,(H,31,35)/t18-/m0/s1. The van der Waals surface area contributed by atoms with E-state index in [0.29, 0.717) is 22.5 Å². The number of para-hydroxylation sites is 1. The molecule has 0 bridgehead atoms. The molecule has 184 valence electrons. The zero-order chi connectivity index (χ0) is 25.5. The Morgan fingerprint density at radius 1 is 1.14 bits per heavy atom. The molecule has 8 nitrogen and oxygen atoms in total. The van der Waals surface area contributed by atoms with Crippen LogP contribution in [-0.4, -0.2) is 37.2 Å². The Labute approximate surface area is 218 Å². The lowest BCUT2D eigenvalue weighted by atomic mass is 10.2. The number of amides is 1. The molecular formula is C26H25ClN6O2S. The van der Waals surface area contributed by atoms with Crippen molar-refractivity contribution < 1.29 is 9.90 Å². The van der Waals surface area contributed by atoms with E-state index in [2.05, 4.69) is 26.0 Å². The molecule has 0 aliphatic rings. The van der Waals surface area contributed by atoms with Gasteiger partial charge in [-0.25, -0.2) is 5.43 Å². The van der Waals surface area contributed by atoms with Gasteiger partial charge in [0.05, 0.1) is 18.0 Å². The summed E-state index contributed by atoms with van der Waals surface area (Å²) >= 11 is 7.37. The average molecular weight is 521 g/mol. The minimum atomic E-state index is -0.479. The van der Waals surface area contributed by atoms with E-state index >= 15 is 0 Å². The molecule has 4 rings (SSSR count). The monoisotopic (exact) mass is 520 g/mol. The number of halogens is 1. The number of nitrogens with zero attached hydrogens (tertiary/aromatic N) is 4. The normalized spacial score (nSPS) is 12.0. The van der Waals surface area contributed by atoms with Gasteiger partial charge in [-0.15, -0.1) is 10.2 Å². The first-order chi connectivity index (χ1) is 17.4. The van der Waals surface area contributed by atoms with E-state index in [1.54, 1.807) is 31.2 Å². The predicted molar refractivity (Wildman–Crippen MR) is 144 cm³/mol. The Kier molecular flexibility index (Phi) is 8.24. The second-order valence-corrected chi connectivity index (χ2v) is 9.71. The number of phenols is 1. The Hall–Kier alpha value is -3.82. The molecule has 1 amide bonds.